The summed E-state index contributed by atoms with van der Waals surface area (Å²) in [6.07, 6.45) is 0.584. The van der Waals surface area contributed by atoms with Gasteiger partial charge in [0.15, 0.2) is 0 Å². The van der Waals surface area contributed by atoms with E-state index in [1.54, 1.807) is 5.01 Å². The number of hydrazone groups is 2. The van der Waals surface area contributed by atoms with E-state index in [0.29, 0.717) is 17.3 Å². The van der Waals surface area contributed by atoms with Crippen LogP contribution in [-0.4, -0.2) is 28.5 Å². The third-order valence-electron chi connectivity index (χ3n) is 3.05. The van der Waals surface area contributed by atoms with Gasteiger partial charge in [-0.1, -0.05) is 23.7 Å². The van der Waals surface area contributed by atoms with Gasteiger partial charge in [0.25, 0.3) is 5.91 Å². The Morgan fingerprint density at radius 3 is 2.78 bits per heavy atom. The molecular formula is C12H11ClN4O. The van der Waals surface area contributed by atoms with Crippen molar-refractivity contribution in [3.05, 3.63) is 34.9 Å². The monoisotopic (exact) mass is 262 g/mol. The van der Waals surface area contributed by atoms with Crippen LogP contribution in [-0.2, 0) is 4.79 Å². The number of halogens is 1. The van der Waals surface area contributed by atoms with Crippen LogP contribution in [0.4, 0.5) is 0 Å². The minimum absolute atomic E-state index is 0.117. The van der Waals surface area contributed by atoms with E-state index in [1.807, 2.05) is 31.2 Å². The molecule has 0 saturated carbocycles. The number of amides is 1. The molecule has 2 aliphatic rings. The SMILES string of the molecule is CC1=NNC(=O)C2CC(c3ccc(Cl)cc3)=NN12. The minimum atomic E-state index is -0.284. The Morgan fingerprint density at radius 1 is 1.39 bits per heavy atom. The number of rotatable bonds is 1. The van der Waals surface area contributed by atoms with Crippen LogP contribution in [0, 0.1) is 0 Å². The number of amidine groups is 1. The maximum Gasteiger partial charge on any atom is 0.265 e. The summed E-state index contributed by atoms with van der Waals surface area (Å²) >= 11 is 5.85. The lowest BCUT2D eigenvalue weighted by atomic mass is 10.0. The second-order valence-corrected chi connectivity index (χ2v) is 4.69. The summed E-state index contributed by atoms with van der Waals surface area (Å²) in [7, 11) is 0. The van der Waals surface area contributed by atoms with Gasteiger partial charge < -0.3 is 0 Å². The van der Waals surface area contributed by atoms with Crippen molar-refractivity contribution in [2.75, 3.05) is 0 Å². The minimum Gasteiger partial charge on any atom is -0.271 e. The van der Waals surface area contributed by atoms with Gasteiger partial charge in [-0.15, -0.1) is 0 Å². The predicted octanol–water partition coefficient (Wildman–Crippen LogP) is 1.58. The van der Waals surface area contributed by atoms with Crippen LogP contribution < -0.4 is 5.43 Å². The number of nitrogens with zero attached hydrogens (tertiary/aromatic N) is 3. The van der Waals surface area contributed by atoms with Gasteiger partial charge in [0.1, 0.15) is 11.9 Å². The Morgan fingerprint density at radius 2 is 2.11 bits per heavy atom. The van der Waals surface area contributed by atoms with E-state index in [9.17, 15) is 4.79 Å². The molecule has 2 aliphatic heterocycles. The number of carbonyl (C=O) groups excluding carboxylic acids is 1. The van der Waals surface area contributed by atoms with Gasteiger partial charge in [-0.25, -0.2) is 10.4 Å². The maximum absolute atomic E-state index is 11.7. The number of fused-ring (bicyclic) bond motifs is 1. The van der Waals surface area contributed by atoms with E-state index in [2.05, 4.69) is 15.6 Å². The molecule has 3 rings (SSSR count). The third-order valence-corrected chi connectivity index (χ3v) is 3.30. The van der Waals surface area contributed by atoms with Crippen molar-refractivity contribution in [1.82, 2.24) is 10.4 Å². The van der Waals surface area contributed by atoms with Crippen molar-refractivity contribution < 1.29 is 4.79 Å². The highest BCUT2D eigenvalue weighted by atomic mass is 35.5. The fourth-order valence-corrected chi connectivity index (χ4v) is 2.22. The fraction of sp³-hybridized carbons (Fsp3) is 0.250. The molecule has 0 aromatic heterocycles. The summed E-state index contributed by atoms with van der Waals surface area (Å²) in [6.45, 7) is 1.82. The molecule has 1 unspecified atom stereocenters. The van der Waals surface area contributed by atoms with Crippen LogP contribution in [0.5, 0.6) is 0 Å². The second kappa shape index (κ2) is 4.10. The highest BCUT2D eigenvalue weighted by Gasteiger charge is 2.37. The third kappa shape index (κ3) is 1.76. The molecule has 2 heterocycles. The largest absolute Gasteiger partial charge is 0.271 e. The fourth-order valence-electron chi connectivity index (χ4n) is 2.09. The van der Waals surface area contributed by atoms with Gasteiger partial charge in [0, 0.05) is 11.4 Å². The summed E-state index contributed by atoms with van der Waals surface area (Å²) in [4.78, 5) is 11.7. The lowest BCUT2D eigenvalue weighted by molar-refractivity contribution is -0.125. The first kappa shape index (κ1) is 11.2. The molecule has 1 amide bonds. The average molecular weight is 263 g/mol. The van der Waals surface area contributed by atoms with Crippen LogP contribution in [0.25, 0.3) is 0 Å². The van der Waals surface area contributed by atoms with Crippen molar-refractivity contribution in [3.63, 3.8) is 0 Å². The Kier molecular flexibility index (Phi) is 2.56. The zero-order chi connectivity index (χ0) is 12.7. The highest BCUT2D eigenvalue weighted by molar-refractivity contribution is 6.30. The molecule has 1 aromatic rings. The van der Waals surface area contributed by atoms with Gasteiger partial charge in [-0.3, -0.25) is 4.79 Å². The van der Waals surface area contributed by atoms with Crippen molar-refractivity contribution in [2.24, 2.45) is 10.2 Å². The van der Waals surface area contributed by atoms with Crippen LogP contribution in [0.2, 0.25) is 5.02 Å². The van der Waals surface area contributed by atoms with Gasteiger partial charge in [0.05, 0.1) is 5.71 Å². The standard InChI is InChI=1S/C12H11ClN4O/c1-7-14-15-12(18)11-6-10(16-17(7)11)8-2-4-9(13)5-3-8/h2-5,11H,6H2,1H3,(H,15,18). The van der Waals surface area contributed by atoms with Crippen molar-refractivity contribution >= 4 is 29.1 Å². The zero-order valence-electron chi connectivity index (χ0n) is 9.72. The molecule has 0 bridgehead atoms. The average Bonchev–Trinajstić information content (AvgIpc) is 2.81. The first-order valence-electron chi connectivity index (χ1n) is 5.62. The molecule has 1 atom stereocenters. The van der Waals surface area contributed by atoms with E-state index in [0.717, 1.165) is 11.3 Å². The number of hydrogen-bond acceptors (Lipinski definition) is 4. The van der Waals surface area contributed by atoms with Gasteiger partial charge in [-0.2, -0.15) is 10.2 Å². The maximum atomic E-state index is 11.7. The predicted molar refractivity (Wildman–Crippen MR) is 69.5 cm³/mol. The van der Waals surface area contributed by atoms with Crippen LogP contribution in [0.1, 0.15) is 18.9 Å². The molecule has 1 aromatic carbocycles. The zero-order valence-corrected chi connectivity index (χ0v) is 10.5. The molecule has 0 aliphatic carbocycles. The smallest absolute Gasteiger partial charge is 0.265 e. The number of carbonyl (C=O) groups is 1. The second-order valence-electron chi connectivity index (χ2n) is 4.25. The summed E-state index contributed by atoms with van der Waals surface area (Å²) in [6, 6.07) is 7.16. The van der Waals surface area contributed by atoms with E-state index < -0.39 is 0 Å². The van der Waals surface area contributed by atoms with Crippen LogP contribution >= 0.6 is 11.6 Å². The summed E-state index contributed by atoms with van der Waals surface area (Å²) in [5, 5.41) is 10.7. The molecule has 92 valence electrons. The summed E-state index contributed by atoms with van der Waals surface area (Å²) < 4.78 is 0. The van der Waals surface area contributed by atoms with Gasteiger partial charge >= 0.3 is 0 Å². The van der Waals surface area contributed by atoms with Crippen LogP contribution in [0.15, 0.2) is 34.5 Å². The Labute approximate surface area is 109 Å². The molecule has 0 fully saturated rings. The summed E-state index contributed by atoms with van der Waals surface area (Å²) in [5.74, 6) is 0.580. The highest BCUT2D eigenvalue weighted by Crippen LogP contribution is 2.23. The van der Waals surface area contributed by atoms with Gasteiger partial charge in [0.2, 0.25) is 0 Å². The van der Waals surface area contributed by atoms with E-state index in [-0.39, 0.29) is 11.9 Å². The van der Waals surface area contributed by atoms with E-state index >= 15 is 0 Å². The first-order valence-corrected chi connectivity index (χ1v) is 6.00. The van der Waals surface area contributed by atoms with Crippen molar-refractivity contribution in [2.45, 2.75) is 19.4 Å². The molecule has 0 radical (unpaired) electrons. The molecule has 18 heavy (non-hydrogen) atoms. The number of nitrogens with one attached hydrogen (secondary N) is 1. The number of hydrogen-bond donors (Lipinski definition) is 1. The van der Waals surface area contributed by atoms with Crippen LogP contribution in [0.3, 0.4) is 0 Å². The Hall–Kier alpha value is -1.88. The van der Waals surface area contributed by atoms with E-state index in [1.165, 1.54) is 0 Å². The summed E-state index contributed by atoms with van der Waals surface area (Å²) in [5.41, 5.74) is 4.36. The number of benzene rings is 1. The molecule has 6 heteroatoms. The lowest BCUT2D eigenvalue weighted by Crippen LogP contribution is -2.47. The molecule has 1 N–H and O–H groups in total. The first-order chi connectivity index (χ1) is 8.65. The topological polar surface area (TPSA) is 57.1 Å². The molecule has 0 spiro atoms. The normalized spacial score (nSPS) is 22.2. The Bertz CT molecular complexity index is 564. The van der Waals surface area contributed by atoms with Gasteiger partial charge in [-0.05, 0) is 24.6 Å². The molecule has 5 nitrogen and oxygen atoms in total. The lowest BCUT2D eigenvalue weighted by Gasteiger charge is -2.25. The van der Waals surface area contributed by atoms with Crippen molar-refractivity contribution in [1.29, 1.82) is 0 Å². The van der Waals surface area contributed by atoms with Crippen molar-refractivity contribution in [3.8, 4) is 0 Å². The molecular weight excluding hydrogens is 252 g/mol. The van der Waals surface area contributed by atoms with E-state index in [4.69, 9.17) is 11.6 Å². The Balaban J connectivity index is 1.93. The molecule has 0 saturated heterocycles. The quantitative estimate of drug-likeness (QED) is 0.835.